The molecule has 8 heteroatoms. The van der Waals surface area contributed by atoms with Crippen molar-refractivity contribution in [2.75, 3.05) is 52.4 Å². The first-order valence-corrected chi connectivity index (χ1v) is 11.2. The highest BCUT2D eigenvalue weighted by molar-refractivity contribution is 5.80. The lowest BCUT2D eigenvalue weighted by Gasteiger charge is -2.37. The van der Waals surface area contributed by atoms with Crippen molar-refractivity contribution in [2.45, 2.75) is 52.5 Å². The molecule has 1 aromatic heterocycles. The van der Waals surface area contributed by atoms with Crippen molar-refractivity contribution in [1.82, 2.24) is 25.2 Å². The number of aryl methyl sites for hydroxylation is 1. The van der Waals surface area contributed by atoms with E-state index in [9.17, 15) is 4.79 Å². The normalized spacial score (nSPS) is 19.3. The van der Waals surface area contributed by atoms with Gasteiger partial charge in [0.25, 0.3) is 0 Å². The molecular formula is C21H36N6O2. The minimum Gasteiger partial charge on any atom is -0.359 e. The van der Waals surface area contributed by atoms with E-state index in [2.05, 4.69) is 39.0 Å². The van der Waals surface area contributed by atoms with Crippen LogP contribution in [0.4, 0.5) is 0 Å². The van der Waals surface area contributed by atoms with Crippen LogP contribution in [0.25, 0.3) is 0 Å². The maximum Gasteiger partial charge on any atom is 0.236 e. The van der Waals surface area contributed by atoms with E-state index in [0.717, 1.165) is 82.5 Å². The monoisotopic (exact) mass is 404 g/mol. The smallest absolute Gasteiger partial charge is 0.236 e. The summed E-state index contributed by atoms with van der Waals surface area (Å²) in [6.07, 6.45) is 5.66. The summed E-state index contributed by atoms with van der Waals surface area (Å²) in [7, 11) is 0. The lowest BCUT2D eigenvalue weighted by Crippen LogP contribution is -2.54. The Labute approximate surface area is 174 Å². The van der Waals surface area contributed by atoms with E-state index >= 15 is 0 Å². The van der Waals surface area contributed by atoms with Gasteiger partial charge in [0, 0.05) is 51.9 Å². The van der Waals surface area contributed by atoms with Crippen molar-refractivity contribution in [1.29, 1.82) is 0 Å². The number of amides is 1. The average Bonchev–Trinajstić information content (AvgIpc) is 3.03. The van der Waals surface area contributed by atoms with E-state index in [0.29, 0.717) is 13.1 Å². The Balaban J connectivity index is 1.48. The maximum absolute atomic E-state index is 12.6. The Morgan fingerprint density at radius 3 is 2.41 bits per heavy atom. The second-order valence-corrected chi connectivity index (χ2v) is 7.87. The minimum atomic E-state index is 0.290. The van der Waals surface area contributed by atoms with Crippen molar-refractivity contribution >= 4 is 11.9 Å². The quantitative estimate of drug-likeness (QED) is 0.575. The molecule has 0 saturated carbocycles. The molecule has 0 aliphatic carbocycles. The topological polar surface area (TPSA) is 77.2 Å². The molecule has 0 unspecified atom stereocenters. The lowest BCUT2D eigenvalue weighted by atomic mass is 10.2. The number of guanidine groups is 1. The SMILES string of the molecule is CCNC(=NCc1cc(CC)no1)N1CCN(CC(=O)N2CCCCCC2)CC1. The van der Waals surface area contributed by atoms with Crippen LogP contribution >= 0.6 is 0 Å². The molecule has 0 bridgehead atoms. The number of rotatable bonds is 6. The summed E-state index contributed by atoms with van der Waals surface area (Å²) in [5.74, 6) is 1.98. The molecule has 162 valence electrons. The van der Waals surface area contributed by atoms with Crippen LogP contribution < -0.4 is 5.32 Å². The largest absolute Gasteiger partial charge is 0.359 e. The third-order valence-corrected chi connectivity index (χ3v) is 5.68. The number of piperazine rings is 1. The Bertz CT molecular complexity index is 658. The van der Waals surface area contributed by atoms with Gasteiger partial charge >= 0.3 is 0 Å². The van der Waals surface area contributed by atoms with Gasteiger partial charge in [-0.2, -0.15) is 0 Å². The van der Waals surface area contributed by atoms with Crippen molar-refractivity contribution in [2.24, 2.45) is 4.99 Å². The van der Waals surface area contributed by atoms with Crippen molar-refractivity contribution in [3.05, 3.63) is 17.5 Å². The summed E-state index contributed by atoms with van der Waals surface area (Å²) >= 11 is 0. The van der Waals surface area contributed by atoms with E-state index in [1.54, 1.807) is 0 Å². The van der Waals surface area contributed by atoms with Crippen molar-refractivity contribution in [3.8, 4) is 0 Å². The predicted molar refractivity (Wildman–Crippen MR) is 114 cm³/mol. The minimum absolute atomic E-state index is 0.290. The highest BCUT2D eigenvalue weighted by Crippen LogP contribution is 2.11. The van der Waals surface area contributed by atoms with E-state index in [4.69, 9.17) is 9.52 Å². The first kappa shape index (κ1) is 21.6. The third-order valence-electron chi connectivity index (χ3n) is 5.68. The third kappa shape index (κ3) is 6.45. The fourth-order valence-electron chi connectivity index (χ4n) is 3.90. The highest BCUT2D eigenvalue weighted by atomic mass is 16.5. The van der Waals surface area contributed by atoms with Gasteiger partial charge in [0.05, 0.1) is 12.2 Å². The van der Waals surface area contributed by atoms with Gasteiger partial charge < -0.3 is 19.6 Å². The Kier molecular flexibility index (Phi) is 8.34. The molecule has 29 heavy (non-hydrogen) atoms. The van der Waals surface area contributed by atoms with Crippen LogP contribution in [0.5, 0.6) is 0 Å². The van der Waals surface area contributed by atoms with Gasteiger partial charge in [-0.25, -0.2) is 4.99 Å². The van der Waals surface area contributed by atoms with E-state index < -0.39 is 0 Å². The van der Waals surface area contributed by atoms with E-state index in [1.165, 1.54) is 12.8 Å². The molecule has 1 aromatic rings. The predicted octanol–water partition coefficient (Wildman–Crippen LogP) is 1.72. The van der Waals surface area contributed by atoms with Crippen LogP contribution in [0, 0.1) is 0 Å². The second-order valence-electron chi connectivity index (χ2n) is 7.87. The Hall–Kier alpha value is -2.09. The molecule has 0 spiro atoms. The van der Waals surface area contributed by atoms with Crippen LogP contribution in [0.3, 0.4) is 0 Å². The molecule has 0 aromatic carbocycles. The van der Waals surface area contributed by atoms with Gasteiger partial charge in [-0.1, -0.05) is 24.9 Å². The van der Waals surface area contributed by atoms with Gasteiger partial charge in [-0.3, -0.25) is 9.69 Å². The average molecular weight is 405 g/mol. The van der Waals surface area contributed by atoms with E-state index in [-0.39, 0.29) is 5.91 Å². The number of nitrogens with zero attached hydrogens (tertiary/aromatic N) is 5. The lowest BCUT2D eigenvalue weighted by molar-refractivity contribution is -0.132. The van der Waals surface area contributed by atoms with Gasteiger partial charge in [-0.05, 0) is 26.2 Å². The van der Waals surface area contributed by atoms with E-state index in [1.807, 2.05) is 6.07 Å². The molecule has 3 heterocycles. The molecule has 2 fully saturated rings. The molecule has 1 amide bonds. The van der Waals surface area contributed by atoms with Crippen LogP contribution in [0.2, 0.25) is 0 Å². The van der Waals surface area contributed by atoms with Crippen LogP contribution in [0.15, 0.2) is 15.6 Å². The zero-order valence-corrected chi connectivity index (χ0v) is 18.0. The number of aromatic nitrogens is 1. The molecule has 8 nitrogen and oxygen atoms in total. The molecule has 2 saturated heterocycles. The summed E-state index contributed by atoms with van der Waals surface area (Å²) in [5, 5.41) is 7.41. The number of carbonyl (C=O) groups excluding carboxylic acids is 1. The zero-order valence-electron chi connectivity index (χ0n) is 18.0. The number of carbonyl (C=O) groups is 1. The summed E-state index contributed by atoms with van der Waals surface area (Å²) in [4.78, 5) is 24.0. The Morgan fingerprint density at radius 1 is 1.07 bits per heavy atom. The zero-order chi connectivity index (χ0) is 20.5. The number of hydrogen-bond acceptors (Lipinski definition) is 5. The summed E-state index contributed by atoms with van der Waals surface area (Å²) in [6.45, 7) is 11.4. The number of aliphatic imine (C=N–C) groups is 1. The Morgan fingerprint density at radius 2 is 1.79 bits per heavy atom. The molecule has 3 rings (SSSR count). The summed E-state index contributed by atoms with van der Waals surface area (Å²) in [5.41, 5.74) is 0.961. The molecule has 0 atom stereocenters. The van der Waals surface area contributed by atoms with Gasteiger partial charge in [-0.15, -0.1) is 0 Å². The van der Waals surface area contributed by atoms with Gasteiger partial charge in [0.2, 0.25) is 5.91 Å². The number of likely N-dealkylation sites (tertiary alicyclic amines) is 1. The highest BCUT2D eigenvalue weighted by Gasteiger charge is 2.23. The number of nitrogens with one attached hydrogen (secondary N) is 1. The number of hydrogen-bond donors (Lipinski definition) is 1. The van der Waals surface area contributed by atoms with Crippen LogP contribution in [0.1, 0.15) is 51.0 Å². The summed E-state index contributed by atoms with van der Waals surface area (Å²) in [6, 6.07) is 1.97. The van der Waals surface area contributed by atoms with Gasteiger partial charge in [0.15, 0.2) is 11.7 Å². The van der Waals surface area contributed by atoms with Gasteiger partial charge in [0.1, 0.15) is 6.54 Å². The van der Waals surface area contributed by atoms with Crippen molar-refractivity contribution in [3.63, 3.8) is 0 Å². The molecule has 0 radical (unpaired) electrons. The maximum atomic E-state index is 12.6. The van der Waals surface area contributed by atoms with Crippen LogP contribution in [-0.4, -0.2) is 84.1 Å². The first-order valence-electron chi connectivity index (χ1n) is 11.2. The molecule has 2 aliphatic rings. The molecule has 2 aliphatic heterocycles. The second kappa shape index (κ2) is 11.2. The van der Waals surface area contributed by atoms with Crippen LogP contribution in [-0.2, 0) is 17.8 Å². The summed E-state index contributed by atoms with van der Waals surface area (Å²) < 4.78 is 5.34. The fourth-order valence-corrected chi connectivity index (χ4v) is 3.90. The molecular weight excluding hydrogens is 368 g/mol. The first-order chi connectivity index (χ1) is 14.2. The fraction of sp³-hybridized carbons (Fsp3) is 0.762. The van der Waals surface area contributed by atoms with Crippen molar-refractivity contribution < 1.29 is 9.32 Å². The molecule has 1 N–H and O–H groups in total. The standard InChI is InChI=1S/C21H36N6O2/c1-3-18-15-19(29-24-18)16-23-21(22-4-2)27-13-11-25(12-14-27)17-20(28)26-9-7-5-6-8-10-26/h15H,3-14,16-17H2,1-2H3,(H,22,23).